The van der Waals surface area contributed by atoms with Crippen LogP contribution in [0.3, 0.4) is 0 Å². The number of hydrogen-bond donors (Lipinski definition) is 0. The number of halogens is 1. The lowest BCUT2D eigenvalue weighted by molar-refractivity contribution is -0.135. The Morgan fingerprint density at radius 3 is 2.24 bits per heavy atom. The van der Waals surface area contributed by atoms with Crippen molar-refractivity contribution in [2.45, 2.75) is 6.04 Å². The van der Waals surface area contributed by atoms with Crippen LogP contribution in [-0.4, -0.2) is 58.8 Å². The molecule has 0 saturated carbocycles. The molecule has 174 valence electrons. The zero-order chi connectivity index (χ0) is 23.9. The smallest absolute Gasteiger partial charge is 0.253 e. The van der Waals surface area contributed by atoms with E-state index in [0.29, 0.717) is 26.2 Å². The molecular formula is C27H26FN3O3. The number of aromatic nitrogens is 1. The van der Waals surface area contributed by atoms with Gasteiger partial charge in [0.2, 0.25) is 0 Å². The van der Waals surface area contributed by atoms with Gasteiger partial charge >= 0.3 is 0 Å². The molecule has 1 aromatic heterocycles. The van der Waals surface area contributed by atoms with E-state index >= 15 is 0 Å². The van der Waals surface area contributed by atoms with Crippen molar-refractivity contribution >= 4 is 17.8 Å². The molecule has 1 atom stereocenters. The summed E-state index contributed by atoms with van der Waals surface area (Å²) in [6.07, 6.45) is 5.60. The number of hydrogen-bond acceptors (Lipinski definition) is 4. The van der Waals surface area contributed by atoms with Gasteiger partial charge in [0.15, 0.2) is 11.8 Å². The zero-order valence-electron chi connectivity index (χ0n) is 18.7. The van der Waals surface area contributed by atoms with E-state index in [0.717, 1.165) is 16.7 Å². The lowest BCUT2D eigenvalue weighted by atomic mass is 10.0. The quantitative estimate of drug-likeness (QED) is 0.402. The molecule has 2 aromatic carbocycles. The highest BCUT2D eigenvalue weighted by molar-refractivity contribution is 6.11. The van der Waals surface area contributed by atoms with Crippen LogP contribution < -0.4 is 5.56 Å². The Morgan fingerprint density at radius 1 is 0.882 bits per heavy atom. The van der Waals surface area contributed by atoms with Crippen LogP contribution in [0.5, 0.6) is 0 Å². The number of carbonyl (C=O) groups excluding carboxylic acids is 2. The average molecular weight is 460 g/mol. The Kier molecular flexibility index (Phi) is 7.44. The second-order valence-corrected chi connectivity index (χ2v) is 8.16. The number of carbonyl (C=O) groups is 2. The van der Waals surface area contributed by atoms with Crippen molar-refractivity contribution in [3.05, 3.63) is 112 Å². The topological polar surface area (TPSA) is 62.6 Å². The summed E-state index contributed by atoms with van der Waals surface area (Å²) in [5.41, 5.74) is 0.868. The fraction of sp³-hybridized carbons (Fsp3) is 0.222. The molecule has 7 heteroatoms. The molecule has 1 amide bonds. The Labute approximate surface area is 197 Å². The van der Waals surface area contributed by atoms with E-state index in [1.807, 2.05) is 30.3 Å². The minimum atomic E-state index is -1.33. The summed E-state index contributed by atoms with van der Waals surface area (Å²) in [5.74, 6) is -1.44. The van der Waals surface area contributed by atoms with Crippen LogP contribution in [0.2, 0.25) is 0 Å². The Morgan fingerprint density at radius 2 is 1.56 bits per heavy atom. The molecule has 0 bridgehead atoms. The maximum absolute atomic E-state index is 13.5. The van der Waals surface area contributed by atoms with Gasteiger partial charge in [0.25, 0.3) is 11.5 Å². The third-order valence-corrected chi connectivity index (χ3v) is 5.90. The highest BCUT2D eigenvalue weighted by Crippen LogP contribution is 2.18. The van der Waals surface area contributed by atoms with E-state index in [1.54, 1.807) is 17.0 Å². The molecule has 6 nitrogen and oxygen atoms in total. The summed E-state index contributed by atoms with van der Waals surface area (Å²) in [6, 6.07) is 18.2. The minimum absolute atomic E-state index is 0.181. The molecule has 1 aliphatic heterocycles. The summed E-state index contributed by atoms with van der Waals surface area (Å²) >= 11 is 0. The molecule has 34 heavy (non-hydrogen) atoms. The maximum atomic E-state index is 13.5. The van der Waals surface area contributed by atoms with Gasteiger partial charge in [-0.1, -0.05) is 48.6 Å². The van der Waals surface area contributed by atoms with Crippen molar-refractivity contribution < 1.29 is 14.0 Å². The molecule has 0 spiro atoms. The van der Waals surface area contributed by atoms with E-state index in [9.17, 15) is 18.8 Å². The molecule has 1 fully saturated rings. The largest absolute Gasteiger partial charge is 0.338 e. The number of pyridine rings is 1. The molecule has 4 rings (SSSR count). The van der Waals surface area contributed by atoms with Gasteiger partial charge in [0, 0.05) is 50.6 Å². The van der Waals surface area contributed by atoms with E-state index in [2.05, 4.69) is 17.1 Å². The molecule has 0 unspecified atom stereocenters. The summed E-state index contributed by atoms with van der Waals surface area (Å²) < 4.78 is 14.5. The highest BCUT2D eigenvalue weighted by atomic mass is 19.1. The second-order valence-electron chi connectivity index (χ2n) is 8.16. The van der Waals surface area contributed by atoms with Crippen molar-refractivity contribution in [2.75, 3.05) is 32.7 Å². The standard InChI is InChI=1S/C27H26FN3O3/c28-23-13-11-22(12-14-23)26(33)25(31-16-5-4-10-24(31)32)27(34)30-19-17-29(18-20-30)15-6-9-21-7-2-1-3-8-21/h1-14,16,25H,15,17-20H2/b9-6+/t25-/m0/s1. The first-order valence-electron chi connectivity index (χ1n) is 11.2. The van der Waals surface area contributed by atoms with Crippen molar-refractivity contribution in [3.63, 3.8) is 0 Å². The Bertz CT molecular complexity index is 1210. The van der Waals surface area contributed by atoms with Crippen molar-refractivity contribution in [2.24, 2.45) is 0 Å². The van der Waals surface area contributed by atoms with Gasteiger partial charge in [0.05, 0.1) is 0 Å². The van der Waals surface area contributed by atoms with Crippen molar-refractivity contribution in [3.8, 4) is 0 Å². The first-order chi connectivity index (χ1) is 16.5. The van der Waals surface area contributed by atoms with E-state index in [4.69, 9.17) is 0 Å². The number of amides is 1. The number of benzene rings is 2. The van der Waals surface area contributed by atoms with E-state index in [1.165, 1.54) is 36.5 Å². The maximum Gasteiger partial charge on any atom is 0.253 e. The summed E-state index contributed by atoms with van der Waals surface area (Å²) in [5, 5.41) is 0. The third-order valence-electron chi connectivity index (χ3n) is 5.90. The van der Waals surface area contributed by atoms with Crippen LogP contribution in [0.4, 0.5) is 4.39 Å². The predicted octanol–water partition coefficient (Wildman–Crippen LogP) is 3.27. The van der Waals surface area contributed by atoms with Crippen molar-refractivity contribution in [1.29, 1.82) is 0 Å². The summed E-state index contributed by atoms with van der Waals surface area (Å²) in [7, 11) is 0. The third kappa shape index (κ3) is 5.55. The number of piperazine rings is 1. The number of nitrogens with zero attached hydrogens (tertiary/aromatic N) is 3. The Hall–Kier alpha value is -3.84. The lowest BCUT2D eigenvalue weighted by Crippen LogP contribution is -2.52. The van der Waals surface area contributed by atoms with Gasteiger partial charge in [-0.05, 0) is 35.9 Å². The van der Waals surface area contributed by atoms with Gasteiger partial charge in [-0.15, -0.1) is 0 Å². The van der Waals surface area contributed by atoms with Gasteiger partial charge in [-0.3, -0.25) is 23.9 Å². The molecule has 0 aliphatic carbocycles. The van der Waals surface area contributed by atoms with Gasteiger partial charge in [-0.2, -0.15) is 0 Å². The SMILES string of the molecule is O=C(c1ccc(F)cc1)[C@@H](C(=O)N1CCN(C/C=C/c2ccccc2)CC1)n1ccccc1=O. The van der Waals surface area contributed by atoms with E-state index in [-0.39, 0.29) is 5.56 Å². The van der Waals surface area contributed by atoms with Crippen molar-refractivity contribution in [1.82, 2.24) is 14.4 Å². The highest BCUT2D eigenvalue weighted by Gasteiger charge is 2.34. The fourth-order valence-corrected chi connectivity index (χ4v) is 4.01. The van der Waals surface area contributed by atoms with Crippen LogP contribution in [0, 0.1) is 5.82 Å². The molecule has 0 N–H and O–H groups in total. The number of ketones is 1. The average Bonchev–Trinajstić information content (AvgIpc) is 2.87. The molecule has 2 heterocycles. The number of rotatable bonds is 7. The minimum Gasteiger partial charge on any atom is -0.338 e. The number of Topliss-reactive ketones (excluding diaryl/α,β-unsaturated/α-hetero) is 1. The normalized spacial score (nSPS) is 15.4. The summed E-state index contributed by atoms with van der Waals surface area (Å²) in [4.78, 5) is 43.1. The first kappa shape index (κ1) is 23.3. The van der Waals surface area contributed by atoms with Gasteiger partial charge < -0.3 is 4.90 Å². The fourth-order valence-electron chi connectivity index (χ4n) is 4.01. The summed E-state index contributed by atoms with van der Waals surface area (Å²) in [6.45, 7) is 2.98. The van der Waals surface area contributed by atoms with Crippen LogP contribution >= 0.6 is 0 Å². The lowest BCUT2D eigenvalue weighted by Gasteiger charge is -2.36. The molecule has 3 aromatic rings. The molecule has 0 radical (unpaired) electrons. The molecule has 1 aliphatic rings. The second kappa shape index (κ2) is 10.9. The van der Waals surface area contributed by atoms with Crippen LogP contribution in [-0.2, 0) is 4.79 Å². The molecule has 1 saturated heterocycles. The first-order valence-corrected chi connectivity index (χ1v) is 11.2. The predicted molar refractivity (Wildman–Crippen MR) is 129 cm³/mol. The van der Waals surface area contributed by atoms with E-state index < -0.39 is 29.1 Å². The van der Waals surface area contributed by atoms with Crippen LogP contribution in [0.1, 0.15) is 22.0 Å². The molecular weight excluding hydrogens is 433 g/mol. The van der Waals surface area contributed by atoms with Gasteiger partial charge in [0.1, 0.15) is 5.82 Å². The zero-order valence-corrected chi connectivity index (χ0v) is 18.7. The monoisotopic (exact) mass is 459 g/mol. The van der Waals surface area contributed by atoms with Gasteiger partial charge in [-0.25, -0.2) is 4.39 Å². The van der Waals surface area contributed by atoms with Crippen LogP contribution in [0.15, 0.2) is 89.9 Å². The van der Waals surface area contributed by atoms with Crippen LogP contribution in [0.25, 0.3) is 6.08 Å². The Balaban J connectivity index is 1.46.